The predicted molar refractivity (Wildman–Crippen MR) is 102 cm³/mol. The molecular weight excluding hydrogens is 348 g/mol. The molecule has 0 aromatic carbocycles. The number of aromatic nitrogens is 3. The number of hydrogen-bond acceptors (Lipinski definition) is 4. The van der Waals surface area contributed by atoms with Crippen LogP contribution in [0.4, 0.5) is 0 Å². The third-order valence-corrected chi connectivity index (χ3v) is 6.93. The van der Waals surface area contributed by atoms with Crippen molar-refractivity contribution >= 4 is 17.2 Å². The molecule has 0 bridgehead atoms. The summed E-state index contributed by atoms with van der Waals surface area (Å²) >= 11 is 1.69. The lowest BCUT2D eigenvalue weighted by atomic mass is 9.95. The van der Waals surface area contributed by atoms with E-state index in [9.17, 15) is 9.59 Å². The second-order valence-corrected chi connectivity index (χ2v) is 8.48. The van der Waals surface area contributed by atoms with Gasteiger partial charge in [-0.15, -0.1) is 11.3 Å². The van der Waals surface area contributed by atoms with Crippen molar-refractivity contribution in [1.29, 1.82) is 0 Å². The van der Waals surface area contributed by atoms with Crippen LogP contribution in [0.1, 0.15) is 64.5 Å². The fourth-order valence-electron chi connectivity index (χ4n) is 4.22. The van der Waals surface area contributed by atoms with Crippen LogP contribution in [0.3, 0.4) is 0 Å². The monoisotopic (exact) mass is 374 g/mol. The molecule has 7 heteroatoms. The van der Waals surface area contributed by atoms with Gasteiger partial charge < -0.3 is 4.90 Å². The highest BCUT2D eigenvalue weighted by Gasteiger charge is 2.29. The number of carbonyl (C=O) groups excluding carboxylic acids is 1. The van der Waals surface area contributed by atoms with Crippen LogP contribution in [0.25, 0.3) is 0 Å². The van der Waals surface area contributed by atoms with Crippen molar-refractivity contribution in [3.63, 3.8) is 0 Å². The van der Waals surface area contributed by atoms with Gasteiger partial charge >= 0.3 is 5.69 Å². The van der Waals surface area contributed by atoms with Gasteiger partial charge in [-0.25, -0.2) is 9.48 Å². The number of likely N-dealkylation sites (tertiary alicyclic amines) is 1. The summed E-state index contributed by atoms with van der Waals surface area (Å²) in [7, 11) is 1.70. The third-order valence-electron chi connectivity index (χ3n) is 5.71. The number of thiophene rings is 1. The molecule has 6 nitrogen and oxygen atoms in total. The van der Waals surface area contributed by atoms with Crippen LogP contribution in [0.15, 0.2) is 10.9 Å². The Morgan fingerprint density at radius 2 is 2.00 bits per heavy atom. The van der Waals surface area contributed by atoms with Gasteiger partial charge in [0.25, 0.3) is 5.91 Å². The van der Waals surface area contributed by atoms with Crippen molar-refractivity contribution in [1.82, 2.24) is 19.2 Å². The zero-order valence-corrected chi connectivity index (χ0v) is 16.3. The lowest BCUT2D eigenvalue weighted by Crippen LogP contribution is -2.38. The second kappa shape index (κ2) is 7.02. The Labute approximate surface area is 157 Å². The Morgan fingerprint density at radius 1 is 1.27 bits per heavy atom. The van der Waals surface area contributed by atoms with E-state index in [1.807, 2.05) is 11.8 Å². The van der Waals surface area contributed by atoms with Gasteiger partial charge in [-0.05, 0) is 57.1 Å². The maximum Gasteiger partial charge on any atom is 0.345 e. The van der Waals surface area contributed by atoms with Crippen molar-refractivity contribution in [2.75, 3.05) is 13.1 Å². The fourth-order valence-corrected chi connectivity index (χ4v) is 5.44. The van der Waals surface area contributed by atoms with E-state index in [2.05, 4.69) is 11.2 Å². The molecule has 1 amide bonds. The predicted octanol–water partition coefficient (Wildman–Crippen LogP) is 2.56. The summed E-state index contributed by atoms with van der Waals surface area (Å²) in [5, 5.41) is 4.44. The molecule has 1 saturated heterocycles. The van der Waals surface area contributed by atoms with E-state index in [-0.39, 0.29) is 17.5 Å². The lowest BCUT2D eigenvalue weighted by molar-refractivity contribution is 0.0715. The Hall–Kier alpha value is -1.89. The van der Waals surface area contributed by atoms with E-state index < -0.39 is 0 Å². The Bertz CT molecular complexity index is 847. The van der Waals surface area contributed by atoms with Crippen LogP contribution >= 0.6 is 11.3 Å². The first kappa shape index (κ1) is 17.5. The minimum Gasteiger partial charge on any atom is -0.338 e. The molecule has 2 aromatic rings. The lowest BCUT2D eigenvalue weighted by Gasteiger charge is -2.31. The molecule has 0 spiro atoms. The highest BCUT2D eigenvalue weighted by atomic mass is 32.1. The molecule has 3 heterocycles. The van der Waals surface area contributed by atoms with Crippen molar-refractivity contribution < 1.29 is 4.79 Å². The number of nitrogens with zero attached hydrogens (tertiary/aromatic N) is 4. The molecule has 0 radical (unpaired) electrons. The summed E-state index contributed by atoms with van der Waals surface area (Å²) < 4.78 is 3.18. The highest BCUT2D eigenvalue weighted by molar-refractivity contribution is 7.14. The SMILES string of the molecule is CCn1c(C2CCN(C(=O)c3cc4c(s3)CCCC4)CC2)nn(C)c1=O. The summed E-state index contributed by atoms with van der Waals surface area (Å²) in [6, 6.07) is 2.13. The van der Waals surface area contributed by atoms with E-state index >= 15 is 0 Å². The Kier molecular flexibility index (Phi) is 4.73. The highest BCUT2D eigenvalue weighted by Crippen LogP contribution is 2.32. The van der Waals surface area contributed by atoms with Crippen molar-refractivity contribution in [3.05, 3.63) is 37.7 Å². The summed E-state index contributed by atoms with van der Waals surface area (Å²) in [5.74, 6) is 1.31. The maximum atomic E-state index is 12.9. The molecular formula is C19H26N4O2S. The zero-order valence-electron chi connectivity index (χ0n) is 15.5. The van der Waals surface area contributed by atoms with E-state index in [0.717, 1.165) is 49.5 Å². The summed E-state index contributed by atoms with van der Waals surface area (Å²) in [6.45, 7) is 4.09. The molecule has 0 saturated carbocycles. The van der Waals surface area contributed by atoms with Gasteiger partial charge in [0, 0.05) is 37.5 Å². The average Bonchev–Trinajstić information content (AvgIpc) is 3.22. The van der Waals surface area contributed by atoms with Crippen LogP contribution in [0.2, 0.25) is 0 Å². The van der Waals surface area contributed by atoms with Gasteiger partial charge in [-0.3, -0.25) is 9.36 Å². The largest absolute Gasteiger partial charge is 0.345 e. The first-order valence-electron chi connectivity index (χ1n) is 9.63. The van der Waals surface area contributed by atoms with Crippen LogP contribution in [0.5, 0.6) is 0 Å². The standard InChI is InChI=1S/C19H26N4O2S/c1-3-23-17(20-21(2)19(23)25)13-8-10-22(11-9-13)18(24)16-12-14-6-4-5-7-15(14)26-16/h12-13H,3-11H2,1-2H3. The number of aryl methyl sites for hydroxylation is 3. The van der Waals surface area contributed by atoms with E-state index in [1.54, 1.807) is 23.0 Å². The van der Waals surface area contributed by atoms with E-state index in [1.165, 1.54) is 28.0 Å². The second-order valence-electron chi connectivity index (χ2n) is 7.34. The molecule has 2 aromatic heterocycles. The van der Waals surface area contributed by atoms with Crippen LogP contribution in [-0.4, -0.2) is 38.2 Å². The third kappa shape index (κ3) is 3.02. The van der Waals surface area contributed by atoms with Gasteiger partial charge in [-0.1, -0.05) is 0 Å². The molecule has 1 aliphatic carbocycles. The van der Waals surface area contributed by atoms with Gasteiger partial charge in [-0.2, -0.15) is 5.10 Å². The normalized spacial score (nSPS) is 18.2. The van der Waals surface area contributed by atoms with E-state index in [0.29, 0.717) is 6.54 Å². The molecule has 1 aliphatic heterocycles. The molecule has 0 unspecified atom stereocenters. The van der Waals surface area contributed by atoms with E-state index in [4.69, 9.17) is 0 Å². The topological polar surface area (TPSA) is 60.1 Å². The van der Waals surface area contributed by atoms with Crippen molar-refractivity contribution in [3.8, 4) is 0 Å². The molecule has 4 rings (SSSR count). The molecule has 1 fully saturated rings. The Morgan fingerprint density at radius 3 is 2.69 bits per heavy atom. The first-order valence-corrected chi connectivity index (χ1v) is 10.4. The zero-order chi connectivity index (χ0) is 18.3. The molecule has 26 heavy (non-hydrogen) atoms. The maximum absolute atomic E-state index is 12.9. The summed E-state index contributed by atoms with van der Waals surface area (Å²) in [5.41, 5.74) is 1.34. The number of rotatable bonds is 3. The Balaban J connectivity index is 1.45. The minimum absolute atomic E-state index is 0.0508. The average molecular weight is 375 g/mol. The van der Waals surface area contributed by atoms with Crippen molar-refractivity contribution in [2.24, 2.45) is 7.05 Å². The summed E-state index contributed by atoms with van der Waals surface area (Å²) in [4.78, 5) is 29.3. The number of carbonyl (C=O) groups is 1. The number of hydrogen-bond donors (Lipinski definition) is 0. The fraction of sp³-hybridized carbons (Fsp3) is 0.632. The van der Waals surface area contributed by atoms with Gasteiger partial charge in [0.05, 0.1) is 4.88 Å². The van der Waals surface area contributed by atoms with Gasteiger partial charge in [0.2, 0.25) is 0 Å². The summed E-state index contributed by atoms with van der Waals surface area (Å²) in [6.07, 6.45) is 6.47. The quantitative estimate of drug-likeness (QED) is 0.830. The number of amides is 1. The van der Waals surface area contributed by atoms with Crippen molar-refractivity contribution in [2.45, 2.75) is 57.9 Å². The smallest absolute Gasteiger partial charge is 0.338 e. The minimum atomic E-state index is -0.0508. The number of piperidine rings is 1. The molecule has 0 N–H and O–H groups in total. The van der Waals surface area contributed by atoms with Crippen LogP contribution in [0, 0.1) is 0 Å². The molecule has 140 valence electrons. The van der Waals surface area contributed by atoms with Crippen LogP contribution in [-0.2, 0) is 26.4 Å². The first-order chi connectivity index (χ1) is 12.6. The molecule has 0 atom stereocenters. The van der Waals surface area contributed by atoms with Crippen LogP contribution < -0.4 is 5.69 Å². The van der Waals surface area contributed by atoms with Gasteiger partial charge in [0.1, 0.15) is 5.82 Å². The molecule has 2 aliphatic rings. The number of fused-ring (bicyclic) bond motifs is 1. The van der Waals surface area contributed by atoms with Gasteiger partial charge in [0.15, 0.2) is 0 Å².